The minimum absolute atomic E-state index is 0.0305. The van der Waals surface area contributed by atoms with Gasteiger partial charge in [0, 0.05) is 13.2 Å². The zero-order valence-corrected chi connectivity index (χ0v) is 13.9. The van der Waals surface area contributed by atoms with Gasteiger partial charge in [-0.25, -0.2) is 0 Å². The number of hydrogen-bond donors (Lipinski definition) is 0. The van der Waals surface area contributed by atoms with E-state index in [4.69, 9.17) is 18.9 Å². The lowest BCUT2D eigenvalue weighted by Crippen LogP contribution is -2.26. The molecule has 0 radical (unpaired) electrons. The molecule has 0 N–H and O–H groups in total. The van der Waals surface area contributed by atoms with E-state index in [0.717, 1.165) is 13.2 Å². The Morgan fingerprint density at radius 1 is 1.40 bits per heavy atom. The maximum Gasteiger partial charge on any atom is 0.225 e. The van der Waals surface area contributed by atoms with Crippen LogP contribution in [0.4, 0.5) is 0 Å². The first-order chi connectivity index (χ1) is 9.58. The molecular weight excluding hydrogens is 328 g/mol. The highest BCUT2D eigenvalue weighted by molar-refractivity contribution is 9.12. The van der Waals surface area contributed by atoms with Crippen molar-refractivity contribution in [1.29, 1.82) is 0 Å². The molecule has 116 valence electrons. The van der Waals surface area contributed by atoms with E-state index in [2.05, 4.69) is 29.1 Å². The largest absolute Gasteiger partial charge is 0.353 e. The molecule has 5 nitrogen and oxygen atoms in total. The Hall–Kier alpha value is -0.530. The van der Waals surface area contributed by atoms with Crippen LogP contribution in [-0.4, -0.2) is 44.3 Å². The highest BCUT2D eigenvalue weighted by Gasteiger charge is 2.36. The first-order valence-corrected chi connectivity index (χ1v) is 7.29. The van der Waals surface area contributed by atoms with Crippen LogP contribution in [0.25, 0.3) is 0 Å². The predicted molar refractivity (Wildman–Crippen MR) is 80.6 cm³/mol. The average Bonchev–Trinajstić information content (AvgIpc) is 2.84. The summed E-state index contributed by atoms with van der Waals surface area (Å²) in [6, 6.07) is 0. The van der Waals surface area contributed by atoms with Gasteiger partial charge in [0.05, 0.1) is 11.1 Å². The summed E-state index contributed by atoms with van der Waals surface area (Å²) in [5, 5.41) is 0. The molecule has 0 aromatic carbocycles. The van der Waals surface area contributed by atoms with Crippen molar-refractivity contribution < 1.29 is 23.7 Å². The summed E-state index contributed by atoms with van der Waals surface area (Å²) in [5.74, 6) is -0.117. The maximum absolute atomic E-state index is 11.0. The van der Waals surface area contributed by atoms with Gasteiger partial charge in [-0.3, -0.25) is 4.79 Å². The molecule has 1 fully saturated rings. The van der Waals surface area contributed by atoms with Gasteiger partial charge in [-0.05, 0) is 42.8 Å². The molecule has 0 saturated carbocycles. The van der Waals surface area contributed by atoms with Crippen molar-refractivity contribution in [2.24, 2.45) is 0 Å². The Balaban J connectivity index is 0.000000330. The summed E-state index contributed by atoms with van der Waals surface area (Å²) in [6.45, 7) is 13.7. The molecule has 20 heavy (non-hydrogen) atoms. The fourth-order valence-corrected chi connectivity index (χ4v) is 2.00. The molecule has 0 amide bonds. The second kappa shape index (κ2) is 11.2. The SMILES string of the molecule is C=C.CCOC(C)OCC.O=C1C(Br)=C[C@H]2CO[C@@H]1O2. The molecule has 2 aliphatic rings. The molecular formula is C14H23BrO5. The first kappa shape index (κ1) is 19.5. The van der Waals surface area contributed by atoms with E-state index >= 15 is 0 Å². The van der Waals surface area contributed by atoms with E-state index in [-0.39, 0.29) is 18.2 Å². The van der Waals surface area contributed by atoms with Gasteiger partial charge < -0.3 is 18.9 Å². The monoisotopic (exact) mass is 350 g/mol. The van der Waals surface area contributed by atoms with Crippen molar-refractivity contribution >= 4 is 21.7 Å². The lowest BCUT2D eigenvalue weighted by molar-refractivity contribution is -0.142. The number of carbonyl (C=O) groups is 1. The Morgan fingerprint density at radius 2 is 1.95 bits per heavy atom. The summed E-state index contributed by atoms with van der Waals surface area (Å²) in [4.78, 5) is 11.0. The van der Waals surface area contributed by atoms with Crippen LogP contribution in [0.2, 0.25) is 0 Å². The van der Waals surface area contributed by atoms with Gasteiger partial charge in [0.1, 0.15) is 6.10 Å². The number of Topliss-reactive ketones (excluding diaryl/α,β-unsaturated/α-hetero) is 1. The van der Waals surface area contributed by atoms with E-state index in [9.17, 15) is 4.79 Å². The minimum atomic E-state index is -0.649. The summed E-state index contributed by atoms with van der Waals surface area (Å²) in [5.41, 5.74) is 0. The third-order valence-corrected chi connectivity index (χ3v) is 2.95. The van der Waals surface area contributed by atoms with Crippen LogP contribution in [-0.2, 0) is 23.7 Å². The number of ether oxygens (including phenoxy) is 4. The second-order valence-electron chi connectivity index (χ2n) is 3.70. The quantitative estimate of drug-likeness (QED) is 0.576. The van der Waals surface area contributed by atoms with Gasteiger partial charge >= 0.3 is 0 Å². The summed E-state index contributed by atoms with van der Waals surface area (Å²) < 4.78 is 20.8. The summed E-state index contributed by atoms with van der Waals surface area (Å²) >= 11 is 3.13. The first-order valence-electron chi connectivity index (χ1n) is 6.50. The Kier molecular flexibility index (Phi) is 10.9. The van der Waals surface area contributed by atoms with Crippen LogP contribution in [0.5, 0.6) is 0 Å². The highest BCUT2D eigenvalue weighted by atomic mass is 79.9. The van der Waals surface area contributed by atoms with Crippen molar-refractivity contribution in [2.45, 2.75) is 39.5 Å². The molecule has 2 aliphatic heterocycles. The lowest BCUT2D eigenvalue weighted by Gasteiger charge is -2.12. The molecule has 1 saturated heterocycles. The predicted octanol–water partition coefficient (Wildman–Crippen LogP) is 2.80. The number of halogens is 1. The topological polar surface area (TPSA) is 54.0 Å². The highest BCUT2D eigenvalue weighted by Crippen LogP contribution is 2.26. The van der Waals surface area contributed by atoms with Gasteiger partial charge in [0.25, 0.3) is 0 Å². The van der Waals surface area contributed by atoms with Crippen molar-refractivity contribution in [3.05, 3.63) is 23.7 Å². The molecule has 0 spiro atoms. The Morgan fingerprint density at radius 3 is 2.45 bits per heavy atom. The fraction of sp³-hybridized carbons (Fsp3) is 0.643. The van der Waals surface area contributed by atoms with Gasteiger partial charge in [-0.2, -0.15) is 0 Å². The molecule has 2 heterocycles. The standard InChI is InChI=1S/C6H5BrO3.C6H14O2.C2H4/c7-4-1-3-2-9-6(10-3)5(4)8;1-4-7-6(3)8-5-2;1-2/h1,3,6H,2H2;6H,4-5H2,1-3H3;1-2H2/t3-,6+;;/m0../s1. The number of hydrogen-bond acceptors (Lipinski definition) is 5. The number of rotatable bonds is 4. The van der Waals surface area contributed by atoms with E-state index in [1.807, 2.05) is 20.8 Å². The van der Waals surface area contributed by atoms with E-state index in [1.54, 1.807) is 6.08 Å². The van der Waals surface area contributed by atoms with E-state index in [0.29, 0.717) is 11.1 Å². The van der Waals surface area contributed by atoms with Crippen LogP contribution in [0.3, 0.4) is 0 Å². The minimum Gasteiger partial charge on any atom is -0.353 e. The van der Waals surface area contributed by atoms with Crippen molar-refractivity contribution in [1.82, 2.24) is 0 Å². The van der Waals surface area contributed by atoms with Gasteiger partial charge in [0.15, 0.2) is 6.29 Å². The zero-order valence-electron chi connectivity index (χ0n) is 12.3. The van der Waals surface area contributed by atoms with Crippen LogP contribution in [0, 0.1) is 0 Å². The third kappa shape index (κ3) is 6.76. The van der Waals surface area contributed by atoms with Crippen molar-refractivity contribution in [2.75, 3.05) is 19.8 Å². The molecule has 0 aromatic rings. The smallest absolute Gasteiger partial charge is 0.225 e. The molecule has 2 atom stereocenters. The van der Waals surface area contributed by atoms with Gasteiger partial charge in [-0.15, -0.1) is 13.2 Å². The van der Waals surface area contributed by atoms with Crippen LogP contribution >= 0.6 is 15.9 Å². The number of ketones is 1. The third-order valence-electron chi connectivity index (χ3n) is 2.29. The molecule has 0 aromatic heterocycles. The Bertz CT molecular complexity index is 313. The van der Waals surface area contributed by atoms with Gasteiger partial charge in [0.2, 0.25) is 12.1 Å². The molecule has 0 unspecified atom stereocenters. The number of fused-ring (bicyclic) bond motifs is 2. The molecule has 2 bridgehead atoms. The lowest BCUT2D eigenvalue weighted by atomic mass is 10.2. The second-order valence-corrected chi connectivity index (χ2v) is 4.55. The molecule has 6 heteroatoms. The van der Waals surface area contributed by atoms with Crippen LogP contribution in [0.1, 0.15) is 20.8 Å². The normalized spacial score (nSPS) is 23.4. The molecule has 2 rings (SSSR count). The van der Waals surface area contributed by atoms with Gasteiger partial charge in [-0.1, -0.05) is 0 Å². The fourth-order valence-electron chi connectivity index (χ4n) is 1.52. The summed E-state index contributed by atoms with van der Waals surface area (Å²) in [7, 11) is 0. The van der Waals surface area contributed by atoms with Crippen molar-refractivity contribution in [3.8, 4) is 0 Å². The van der Waals surface area contributed by atoms with E-state index < -0.39 is 6.29 Å². The molecule has 0 aliphatic carbocycles. The number of carbonyl (C=O) groups excluding carboxylic acids is 1. The average molecular weight is 351 g/mol. The Labute approximate surface area is 129 Å². The maximum atomic E-state index is 11.0. The zero-order chi connectivity index (χ0) is 15.5. The van der Waals surface area contributed by atoms with Crippen LogP contribution < -0.4 is 0 Å². The van der Waals surface area contributed by atoms with Crippen LogP contribution in [0.15, 0.2) is 23.7 Å². The summed E-state index contributed by atoms with van der Waals surface area (Å²) in [6.07, 6.45) is 1.01. The van der Waals surface area contributed by atoms with E-state index in [1.165, 1.54) is 0 Å². The van der Waals surface area contributed by atoms with Crippen molar-refractivity contribution in [3.63, 3.8) is 0 Å².